The average Bonchev–Trinajstić information content (AvgIpc) is 0.862. The summed E-state index contributed by atoms with van der Waals surface area (Å²) in [5, 5.41) is 5.02. The first-order valence-corrected chi connectivity index (χ1v) is 36.7. The topological polar surface area (TPSA) is 276 Å². The number of carbonyl (C=O) groups excluding carboxylic acids is 4. The fourth-order valence-electron chi connectivity index (χ4n) is 10.4. The van der Waals surface area contributed by atoms with Gasteiger partial charge in [-0.05, 0) is 30.5 Å². The molecule has 95 heavy (non-hydrogen) atoms. The number of nitrogens with zero attached hydrogens (tertiary/aromatic N) is 4. The third-order valence-corrected chi connectivity index (χ3v) is 16.7. The van der Waals surface area contributed by atoms with Crippen LogP contribution in [0.1, 0.15) is 219 Å². The Kier molecular flexibility index (Phi) is 49.8. The summed E-state index contributed by atoms with van der Waals surface area (Å²) in [6.07, 6.45) is 37.7. The van der Waals surface area contributed by atoms with Gasteiger partial charge in [-0.3, -0.25) is 23.9 Å². The number of amides is 2. The molecule has 2 unspecified atom stereocenters. The van der Waals surface area contributed by atoms with Crippen molar-refractivity contribution in [3.05, 3.63) is 60.9 Å². The van der Waals surface area contributed by atoms with E-state index in [0.29, 0.717) is 30.9 Å². The number of esters is 2. The minimum Gasteiger partial charge on any atom is -0.756 e. The second kappa shape index (κ2) is 56.1. The van der Waals surface area contributed by atoms with E-state index in [1.807, 2.05) is 48.5 Å². The number of phosphoric ester groups is 1. The van der Waals surface area contributed by atoms with Gasteiger partial charge in [0.2, 0.25) is 11.8 Å². The molecule has 0 saturated carbocycles. The van der Waals surface area contributed by atoms with E-state index in [1.54, 1.807) is 12.4 Å². The van der Waals surface area contributed by atoms with Gasteiger partial charge in [-0.15, -0.1) is 0 Å². The summed E-state index contributed by atoms with van der Waals surface area (Å²) >= 11 is 0. The van der Waals surface area contributed by atoms with Gasteiger partial charge in [-0.1, -0.05) is 230 Å². The Morgan fingerprint density at radius 1 is 0.505 bits per heavy atom. The molecule has 0 aliphatic carbocycles. The van der Waals surface area contributed by atoms with Crippen molar-refractivity contribution in [2.24, 2.45) is 0 Å². The molecule has 2 atom stereocenters. The van der Waals surface area contributed by atoms with E-state index >= 15 is 0 Å². The molecule has 2 aromatic carbocycles. The van der Waals surface area contributed by atoms with Gasteiger partial charge in [0.1, 0.15) is 26.4 Å². The van der Waals surface area contributed by atoms with Crippen LogP contribution in [0.3, 0.4) is 0 Å². The third-order valence-electron chi connectivity index (χ3n) is 15.7. The first kappa shape index (κ1) is 84.4. The van der Waals surface area contributed by atoms with Gasteiger partial charge in [0.05, 0.1) is 81.8 Å². The largest absolute Gasteiger partial charge is 1.00 e. The standard InChI is InChI=1S/C71H113N6O16P.Na/c1-4-6-8-10-12-14-16-18-20-22-24-26-28-30-32-38-67(79)90-56-61(93-68(80)39-33-31-29-27-25-23-21-19-17-15-13-11-9-7-5-2)57-92-94(82,83)91-47-45-73-71(81)89-53-51-87-58-66(78)72-44-46-85-48-49-86-50-52-88-70-75-54-62(69(77-70)84-3)59-40-42-60(43-41-59)65-55-74-63-36-34-35-37-64(63)76-65;/h34-37,40-43,54-55,61H,4-33,38-39,44-53,56-58H2,1-3H3,(H,72,78)(H,73,81)(H,82,83);/q;+1/p-1. The van der Waals surface area contributed by atoms with Crippen LogP contribution in [0.2, 0.25) is 0 Å². The zero-order valence-corrected chi connectivity index (χ0v) is 60.8. The van der Waals surface area contributed by atoms with Crippen LogP contribution in [0.5, 0.6) is 11.9 Å². The van der Waals surface area contributed by atoms with E-state index in [4.69, 9.17) is 51.9 Å². The average molecular weight is 1360 g/mol. The number of rotatable bonds is 60. The van der Waals surface area contributed by atoms with Crippen molar-refractivity contribution in [3.63, 3.8) is 0 Å². The number of hydrogen-bond donors (Lipinski definition) is 2. The second-order valence-corrected chi connectivity index (χ2v) is 25.1. The molecule has 2 amide bonds. The molecule has 0 aliphatic rings. The Morgan fingerprint density at radius 3 is 1.59 bits per heavy atom. The first-order valence-electron chi connectivity index (χ1n) is 35.2. The summed E-state index contributed by atoms with van der Waals surface area (Å²) in [4.78, 5) is 80.7. The smallest absolute Gasteiger partial charge is 0.756 e. The van der Waals surface area contributed by atoms with Gasteiger partial charge in [0, 0.05) is 37.7 Å². The maximum absolute atomic E-state index is 12.9. The number of methoxy groups -OCH3 is 1. The maximum atomic E-state index is 12.9. The maximum Gasteiger partial charge on any atom is 1.00 e. The van der Waals surface area contributed by atoms with Gasteiger partial charge >= 0.3 is 53.6 Å². The van der Waals surface area contributed by atoms with E-state index < -0.39 is 51.1 Å². The van der Waals surface area contributed by atoms with Crippen molar-refractivity contribution < 1.29 is 105 Å². The number of benzene rings is 2. The summed E-state index contributed by atoms with van der Waals surface area (Å²) in [5.41, 5.74) is 4.91. The minimum atomic E-state index is -4.94. The molecular formula is C71H112N6NaO16P. The summed E-state index contributed by atoms with van der Waals surface area (Å²) in [6.45, 7) is 3.71. The van der Waals surface area contributed by atoms with Crippen LogP contribution >= 0.6 is 7.82 Å². The number of nitrogens with one attached hydrogen (secondary N) is 2. The zero-order valence-electron chi connectivity index (χ0n) is 57.9. The van der Waals surface area contributed by atoms with E-state index in [9.17, 15) is 28.6 Å². The van der Waals surface area contributed by atoms with E-state index in [-0.39, 0.29) is 114 Å². The Morgan fingerprint density at radius 2 is 1.01 bits per heavy atom. The number of para-hydroxylation sites is 2. The van der Waals surface area contributed by atoms with Crippen molar-refractivity contribution >= 4 is 42.8 Å². The number of alkyl carbamates (subject to hydrolysis) is 1. The molecule has 0 aliphatic heterocycles. The first-order chi connectivity index (χ1) is 46.0. The molecule has 2 N–H and O–H groups in total. The molecule has 24 heteroatoms. The predicted molar refractivity (Wildman–Crippen MR) is 362 cm³/mol. The molecule has 22 nitrogen and oxygen atoms in total. The fourth-order valence-corrected chi connectivity index (χ4v) is 11.1. The predicted octanol–water partition coefficient (Wildman–Crippen LogP) is 11.5. The number of ether oxygens (including phenoxy) is 8. The number of fused-ring (bicyclic) bond motifs is 1. The molecular weight excluding hydrogens is 1250 g/mol. The van der Waals surface area contributed by atoms with Gasteiger partial charge in [-0.2, -0.15) is 4.98 Å². The van der Waals surface area contributed by atoms with Gasteiger partial charge in [0.15, 0.2) is 6.10 Å². The van der Waals surface area contributed by atoms with Crippen molar-refractivity contribution in [1.82, 2.24) is 30.6 Å². The molecule has 0 radical (unpaired) electrons. The van der Waals surface area contributed by atoms with Crippen LogP contribution in [0.25, 0.3) is 33.4 Å². The number of aromatic nitrogens is 4. The molecule has 0 bridgehead atoms. The normalized spacial score (nSPS) is 12.2. The van der Waals surface area contributed by atoms with Crippen LogP contribution in [-0.2, 0) is 56.4 Å². The van der Waals surface area contributed by atoms with E-state index in [1.165, 1.54) is 148 Å². The van der Waals surface area contributed by atoms with Gasteiger partial charge in [-0.25, -0.2) is 14.8 Å². The molecule has 0 saturated heterocycles. The van der Waals surface area contributed by atoms with Crippen LogP contribution in [0, 0.1) is 0 Å². The number of phosphoric acid groups is 1. The third kappa shape index (κ3) is 42.5. The molecule has 0 fully saturated rings. The summed E-state index contributed by atoms with van der Waals surface area (Å²) < 4.78 is 66.3. The van der Waals surface area contributed by atoms with E-state index in [0.717, 1.165) is 66.4 Å². The van der Waals surface area contributed by atoms with Gasteiger partial charge < -0.3 is 62.5 Å². The number of carbonyl (C=O) groups is 4. The fraction of sp³-hybridized carbons (Fsp3) is 0.690. The van der Waals surface area contributed by atoms with Crippen LogP contribution < -0.4 is 54.6 Å². The molecule has 2 heterocycles. The molecule has 2 aromatic heterocycles. The van der Waals surface area contributed by atoms with Crippen molar-refractivity contribution in [3.8, 4) is 34.3 Å². The Bertz CT molecular complexity index is 2680. The van der Waals surface area contributed by atoms with Crippen LogP contribution in [0.15, 0.2) is 60.9 Å². The van der Waals surface area contributed by atoms with Gasteiger partial charge in [0.25, 0.3) is 7.82 Å². The quantitative estimate of drug-likeness (QED) is 0.0137. The Labute approximate surface area is 588 Å². The monoisotopic (exact) mass is 1360 g/mol. The van der Waals surface area contributed by atoms with Crippen molar-refractivity contribution in [2.75, 3.05) is 92.9 Å². The zero-order chi connectivity index (χ0) is 67.2. The van der Waals surface area contributed by atoms with Crippen molar-refractivity contribution in [2.45, 2.75) is 225 Å². The molecule has 4 rings (SSSR count). The second-order valence-electron chi connectivity index (χ2n) is 23.7. The van der Waals surface area contributed by atoms with Crippen molar-refractivity contribution in [1.29, 1.82) is 0 Å². The van der Waals surface area contributed by atoms with Crippen LogP contribution in [0.4, 0.5) is 4.79 Å². The van der Waals surface area contributed by atoms with Crippen LogP contribution in [-0.4, -0.2) is 143 Å². The molecule has 0 spiro atoms. The number of unbranched alkanes of at least 4 members (excludes halogenated alkanes) is 28. The Hall–Kier alpha value is -4.87. The number of hydrogen-bond acceptors (Lipinski definition) is 20. The summed E-state index contributed by atoms with van der Waals surface area (Å²) in [7, 11) is -3.41. The minimum absolute atomic E-state index is 0. The summed E-state index contributed by atoms with van der Waals surface area (Å²) in [6, 6.07) is 15.7. The molecule has 4 aromatic rings. The van der Waals surface area contributed by atoms with E-state index in [2.05, 4.69) is 39.4 Å². The SMILES string of the molecule is CCCCCCCCCCCCCCCCCC(=O)OCC(COP(=O)([O-])OCCNC(=O)OCCOCC(=O)NCCOCCOCCOc1ncc(-c2ccc(-c3cnc4ccccc4n3)cc2)c(OC)n1)OC(=O)CCCCCCCCCCCCCCCCC.[Na+]. The summed E-state index contributed by atoms with van der Waals surface area (Å²) in [5.74, 6) is -1.03. The Balaban J connectivity index is 0.0000235. The molecule has 528 valence electrons.